The minimum atomic E-state index is 0.00196. The molecule has 110 valence electrons. The van der Waals surface area contributed by atoms with E-state index in [1.54, 1.807) is 0 Å². The van der Waals surface area contributed by atoms with Gasteiger partial charge in [-0.2, -0.15) is 0 Å². The number of hydrogen-bond acceptors (Lipinski definition) is 4. The van der Waals surface area contributed by atoms with E-state index in [-0.39, 0.29) is 5.60 Å². The highest BCUT2D eigenvalue weighted by Gasteiger charge is 2.41. The van der Waals surface area contributed by atoms with Crippen LogP contribution in [-0.2, 0) is 9.47 Å². The highest BCUT2D eigenvalue weighted by molar-refractivity contribution is 4.93. The van der Waals surface area contributed by atoms with Gasteiger partial charge in [0.1, 0.15) is 0 Å². The summed E-state index contributed by atoms with van der Waals surface area (Å²) in [5.74, 6) is 1.19. The second kappa shape index (κ2) is 6.08. The lowest BCUT2D eigenvalue weighted by Gasteiger charge is -2.38. The first kappa shape index (κ1) is 13.8. The highest BCUT2D eigenvalue weighted by Crippen LogP contribution is 2.34. The Hall–Kier alpha value is -0.160. The lowest BCUT2D eigenvalue weighted by Crippen LogP contribution is -2.48. The fraction of sp³-hybridized carbons (Fsp3) is 1.00. The molecule has 19 heavy (non-hydrogen) atoms. The van der Waals surface area contributed by atoms with Crippen molar-refractivity contribution >= 4 is 0 Å². The van der Waals surface area contributed by atoms with Crippen molar-refractivity contribution in [1.29, 1.82) is 0 Å². The summed E-state index contributed by atoms with van der Waals surface area (Å²) >= 11 is 0. The van der Waals surface area contributed by atoms with Crippen molar-refractivity contribution in [3.63, 3.8) is 0 Å². The Labute approximate surface area is 115 Å². The minimum absolute atomic E-state index is 0.00196. The molecule has 4 heteroatoms. The van der Waals surface area contributed by atoms with Crippen molar-refractivity contribution in [1.82, 2.24) is 5.32 Å². The van der Waals surface area contributed by atoms with E-state index >= 15 is 0 Å². The molecule has 2 heterocycles. The molecule has 2 aliphatic heterocycles. The number of aliphatic hydroxyl groups excluding tert-OH is 1. The maximum absolute atomic E-state index is 9.38. The molecule has 0 amide bonds. The van der Waals surface area contributed by atoms with E-state index in [4.69, 9.17) is 9.47 Å². The number of ether oxygens (including phenoxy) is 2. The van der Waals surface area contributed by atoms with Gasteiger partial charge in [0.15, 0.2) is 0 Å². The summed E-state index contributed by atoms with van der Waals surface area (Å²) in [5, 5.41) is 13.1. The van der Waals surface area contributed by atoms with E-state index in [9.17, 15) is 5.11 Å². The van der Waals surface area contributed by atoms with Crippen molar-refractivity contribution in [3.05, 3.63) is 0 Å². The summed E-state index contributed by atoms with van der Waals surface area (Å²) in [6.45, 7) is 3.90. The molecule has 1 spiro atoms. The topological polar surface area (TPSA) is 50.7 Å². The van der Waals surface area contributed by atoms with Gasteiger partial charge in [0.25, 0.3) is 0 Å². The molecule has 0 aromatic carbocycles. The maximum atomic E-state index is 9.38. The minimum Gasteiger partial charge on any atom is -0.396 e. The fourth-order valence-electron chi connectivity index (χ4n) is 4.01. The number of aliphatic hydroxyl groups is 1. The molecule has 0 bridgehead atoms. The van der Waals surface area contributed by atoms with Gasteiger partial charge < -0.3 is 19.9 Å². The van der Waals surface area contributed by atoms with Crippen molar-refractivity contribution in [2.24, 2.45) is 11.8 Å². The van der Waals surface area contributed by atoms with E-state index in [2.05, 4.69) is 5.32 Å². The van der Waals surface area contributed by atoms with Crippen LogP contribution in [0.5, 0.6) is 0 Å². The maximum Gasteiger partial charge on any atom is 0.0951 e. The van der Waals surface area contributed by atoms with Gasteiger partial charge >= 0.3 is 0 Å². The predicted octanol–water partition coefficient (Wildman–Crippen LogP) is 1.32. The summed E-state index contributed by atoms with van der Waals surface area (Å²) in [6.07, 6.45) is 7.00. The third kappa shape index (κ3) is 3.13. The van der Waals surface area contributed by atoms with Crippen LogP contribution in [0.2, 0.25) is 0 Å². The Bertz CT molecular complexity index is 291. The van der Waals surface area contributed by atoms with E-state index < -0.39 is 0 Å². The molecule has 0 aromatic heterocycles. The first-order valence-corrected chi connectivity index (χ1v) is 7.87. The van der Waals surface area contributed by atoms with Crippen LogP contribution in [0, 0.1) is 11.8 Å². The van der Waals surface area contributed by atoms with Crippen LogP contribution in [0.1, 0.15) is 38.5 Å². The molecule has 4 unspecified atom stereocenters. The Kier molecular flexibility index (Phi) is 4.42. The second-order valence-electron chi connectivity index (χ2n) is 6.57. The Morgan fingerprint density at radius 1 is 1.16 bits per heavy atom. The molecule has 0 aromatic rings. The number of rotatable bonds is 4. The average molecular weight is 269 g/mol. The molecule has 4 nitrogen and oxygen atoms in total. The van der Waals surface area contributed by atoms with Crippen LogP contribution in [0.3, 0.4) is 0 Å². The monoisotopic (exact) mass is 269 g/mol. The van der Waals surface area contributed by atoms with Crippen molar-refractivity contribution < 1.29 is 14.6 Å². The molecule has 4 atom stereocenters. The second-order valence-corrected chi connectivity index (χ2v) is 6.57. The summed E-state index contributed by atoms with van der Waals surface area (Å²) in [7, 11) is 0. The van der Waals surface area contributed by atoms with Crippen LogP contribution in [-0.4, -0.2) is 49.7 Å². The van der Waals surface area contributed by atoms with Gasteiger partial charge in [-0.15, -0.1) is 0 Å². The molecule has 0 radical (unpaired) electrons. The third-order valence-electron chi connectivity index (χ3n) is 5.28. The zero-order valence-corrected chi connectivity index (χ0v) is 11.8. The highest BCUT2D eigenvalue weighted by atomic mass is 16.6. The van der Waals surface area contributed by atoms with Crippen LogP contribution in [0.4, 0.5) is 0 Å². The van der Waals surface area contributed by atoms with E-state index in [0.717, 1.165) is 45.6 Å². The van der Waals surface area contributed by atoms with Gasteiger partial charge in [0, 0.05) is 32.3 Å². The summed E-state index contributed by atoms with van der Waals surface area (Å²) in [5.41, 5.74) is 0.00196. The molecular formula is C15H27NO3. The molecular weight excluding hydrogens is 242 g/mol. The van der Waals surface area contributed by atoms with Gasteiger partial charge in [0.2, 0.25) is 0 Å². The van der Waals surface area contributed by atoms with E-state index in [1.165, 1.54) is 19.3 Å². The van der Waals surface area contributed by atoms with Gasteiger partial charge in [-0.25, -0.2) is 0 Å². The molecule has 1 aliphatic carbocycles. The quantitative estimate of drug-likeness (QED) is 0.808. The molecule has 3 rings (SSSR count). The number of hydrogen-bond donors (Lipinski definition) is 2. The summed E-state index contributed by atoms with van der Waals surface area (Å²) < 4.78 is 11.5. The number of nitrogens with one attached hydrogen (secondary N) is 1. The SMILES string of the molecule is OCC1CCCC1CNC1CCOC2(CCOC2)C1. The molecule has 2 saturated heterocycles. The first-order chi connectivity index (χ1) is 9.31. The van der Waals surface area contributed by atoms with Crippen LogP contribution in [0.15, 0.2) is 0 Å². The van der Waals surface area contributed by atoms with Crippen LogP contribution < -0.4 is 5.32 Å². The molecule has 1 saturated carbocycles. The van der Waals surface area contributed by atoms with Crippen molar-refractivity contribution in [2.75, 3.05) is 33.0 Å². The summed E-state index contributed by atoms with van der Waals surface area (Å²) in [6, 6.07) is 0.565. The normalized spacial score (nSPS) is 43.1. The van der Waals surface area contributed by atoms with E-state index in [1.807, 2.05) is 0 Å². The predicted molar refractivity (Wildman–Crippen MR) is 73.1 cm³/mol. The zero-order chi connectivity index (χ0) is 13.1. The van der Waals surface area contributed by atoms with Gasteiger partial charge in [-0.1, -0.05) is 6.42 Å². The molecule has 3 fully saturated rings. The standard InChI is InChI=1S/C15H27NO3/c17-10-13-3-1-2-12(13)9-16-14-4-6-19-15(8-14)5-7-18-11-15/h12-14,16-17H,1-11H2. The van der Waals surface area contributed by atoms with Gasteiger partial charge in [0.05, 0.1) is 12.2 Å². The fourth-order valence-corrected chi connectivity index (χ4v) is 4.01. The first-order valence-electron chi connectivity index (χ1n) is 7.87. The van der Waals surface area contributed by atoms with Crippen LogP contribution in [0.25, 0.3) is 0 Å². The molecule has 3 aliphatic rings. The average Bonchev–Trinajstić information content (AvgIpc) is 3.06. The van der Waals surface area contributed by atoms with Gasteiger partial charge in [-0.05, 0) is 44.1 Å². The lowest BCUT2D eigenvalue weighted by molar-refractivity contribution is -0.0896. The Morgan fingerprint density at radius 3 is 2.84 bits per heavy atom. The lowest BCUT2D eigenvalue weighted by atomic mass is 9.89. The third-order valence-corrected chi connectivity index (χ3v) is 5.28. The van der Waals surface area contributed by atoms with E-state index in [0.29, 0.717) is 24.5 Å². The van der Waals surface area contributed by atoms with Crippen molar-refractivity contribution in [2.45, 2.75) is 50.2 Å². The van der Waals surface area contributed by atoms with Crippen molar-refractivity contribution in [3.8, 4) is 0 Å². The smallest absolute Gasteiger partial charge is 0.0951 e. The Morgan fingerprint density at radius 2 is 2.05 bits per heavy atom. The molecule has 2 N–H and O–H groups in total. The summed E-state index contributed by atoms with van der Waals surface area (Å²) in [4.78, 5) is 0. The Balaban J connectivity index is 1.47. The van der Waals surface area contributed by atoms with Gasteiger partial charge in [-0.3, -0.25) is 0 Å². The van der Waals surface area contributed by atoms with Crippen LogP contribution >= 0.6 is 0 Å². The zero-order valence-electron chi connectivity index (χ0n) is 11.8. The largest absolute Gasteiger partial charge is 0.396 e.